The van der Waals surface area contributed by atoms with E-state index in [9.17, 15) is 9.59 Å². The van der Waals surface area contributed by atoms with Gasteiger partial charge in [0, 0.05) is 24.9 Å². The van der Waals surface area contributed by atoms with E-state index in [0.29, 0.717) is 25.2 Å². The molecule has 1 atom stereocenters. The Morgan fingerprint density at radius 3 is 2.59 bits per heavy atom. The van der Waals surface area contributed by atoms with Crippen LogP contribution >= 0.6 is 0 Å². The second-order valence-electron chi connectivity index (χ2n) is 5.59. The Morgan fingerprint density at radius 2 is 2.05 bits per heavy atom. The Balaban J connectivity index is 2.23. The van der Waals surface area contributed by atoms with E-state index in [0.717, 1.165) is 5.56 Å². The lowest BCUT2D eigenvalue weighted by molar-refractivity contribution is -0.134. The van der Waals surface area contributed by atoms with Crippen molar-refractivity contribution in [1.29, 1.82) is 0 Å². The summed E-state index contributed by atoms with van der Waals surface area (Å²) in [5.41, 5.74) is 1.05. The zero-order valence-electron chi connectivity index (χ0n) is 12.7. The Kier molecular flexibility index (Phi) is 4.70. The Labute approximate surface area is 129 Å². The van der Waals surface area contributed by atoms with Crippen molar-refractivity contribution < 1.29 is 19.4 Å². The van der Waals surface area contributed by atoms with Crippen molar-refractivity contribution >= 4 is 17.8 Å². The highest BCUT2D eigenvalue weighted by Crippen LogP contribution is 2.25. The zero-order valence-corrected chi connectivity index (χ0v) is 12.7. The first-order valence-corrected chi connectivity index (χ1v) is 7.05. The summed E-state index contributed by atoms with van der Waals surface area (Å²) < 4.78 is 4.70. The molecule has 0 saturated carbocycles. The average Bonchev–Trinajstić information content (AvgIpc) is 2.90. The highest BCUT2D eigenvalue weighted by molar-refractivity contribution is 5.91. The molecule has 0 spiro atoms. The quantitative estimate of drug-likeness (QED) is 0.656. The van der Waals surface area contributed by atoms with Crippen LogP contribution in [0.2, 0.25) is 0 Å². The van der Waals surface area contributed by atoms with Crippen molar-refractivity contribution in [2.45, 2.75) is 18.9 Å². The summed E-state index contributed by atoms with van der Waals surface area (Å²) in [4.78, 5) is 24.1. The van der Waals surface area contributed by atoms with Gasteiger partial charge in [0.1, 0.15) is 0 Å². The molecule has 2 N–H and O–H groups in total. The number of nitrogens with zero attached hydrogens (tertiary/aromatic N) is 1. The molecule has 118 valence electrons. The molecule has 0 radical (unpaired) electrons. The van der Waals surface area contributed by atoms with Crippen LogP contribution in [0.25, 0.3) is 5.70 Å². The summed E-state index contributed by atoms with van der Waals surface area (Å²) >= 11 is 0. The van der Waals surface area contributed by atoms with E-state index in [1.807, 2.05) is 37.3 Å². The van der Waals surface area contributed by atoms with Crippen molar-refractivity contribution in [2.24, 2.45) is 0 Å². The maximum absolute atomic E-state index is 11.6. The number of carbonyl (C=O) groups excluding carboxylic acids is 1. The molecule has 6 nitrogen and oxygen atoms in total. The molecule has 2 rings (SSSR count). The number of hydrogen-bond donors (Lipinski definition) is 2. The van der Waals surface area contributed by atoms with E-state index >= 15 is 0 Å². The van der Waals surface area contributed by atoms with E-state index in [4.69, 9.17) is 9.84 Å². The van der Waals surface area contributed by atoms with Crippen molar-refractivity contribution in [2.75, 3.05) is 20.2 Å². The molecule has 0 bridgehead atoms. The third-order valence-corrected chi connectivity index (χ3v) is 3.73. The molecule has 22 heavy (non-hydrogen) atoms. The molecule has 1 heterocycles. The third-order valence-electron chi connectivity index (χ3n) is 3.73. The van der Waals surface area contributed by atoms with Gasteiger partial charge in [-0.15, -0.1) is 0 Å². The molecule has 1 aliphatic heterocycles. The highest BCUT2D eigenvalue weighted by atomic mass is 16.5. The van der Waals surface area contributed by atoms with Gasteiger partial charge in [0.05, 0.1) is 12.6 Å². The van der Waals surface area contributed by atoms with Crippen LogP contribution in [0.4, 0.5) is 4.79 Å². The SMILES string of the molecule is COC(=O)C=C(NC1(C)CCN(C(=O)O)C1)c1ccccc1. The minimum absolute atomic E-state index is 0.369. The van der Waals surface area contributed by atoms with Gasteiger partial charge in [-0.05, 0) is 18.9 Å². The van der Waals surface area contributed by atoms with E-state index in [1.165, 1.54) is 18.1 Å². The van der Waals surface area contributed by atoms with E-state index in [-0.39, 0.29) is 0 Å². The number of amides is 1. The zero-order chi connectivity index (χ0) is 16.2. The van der Waals surface area contributed by atoms with Crippen LogP contribution in [-0.4, -0.2) is 47.8 Å². The number of carboxylic acid groups (broad SMARTS) is 1. The summed E-state index contributed by atoms with van der Waals surface area (Å²) in [5, 5.41) is 12.4. The largest absolute Gasteiger partial charge is 0.466 e. The number of esters is 1. The van der Waals surface area contributed by atoms with Crippen LogP contribution in [-0.2, 0) is 9.53 Å². The lowest BCUT2D eigenvalue weighted by atomic mass is 9.99. The predicted octanol–water partition coefficient (Wildman–Crippen LogP) is 1.93. The molecule has 0 aliphatic carbocycles. The molecular weight excluding hydrogens is 284 g/mol. The molecule has 1 fully saturated rings. The number of ether oxygens (including phenoxy) is 1. The molecule has 1 unspecified atom stereocenters. The van der Waals surface area contributed by atoms with E-state index in [2.05, 4.69) is 5.32 Å². The highest BCUT2D eigenvalue weighted by Gasteiger charge is 2.36. The first-order valence-electron chi connectivity index (χ1n) is 7.05. The van der Waals surface area contributed by atoms with Crippen molar-refractivity contribution in [3.05, 3.63) is 42.0 Å². The minimum atomic E-state index is -0.927. The Morgan fingerprint density at radius 1 is 1.36 bits per heavy atom. The smallest absolute Gasteiger partial charge is 0.407 e. The second-order valence-corrected chi connectivity index (χ2v) is 5.59. The molecule has 0 aromatic heterocycles. The summed E-state index contributed by atoms with van der Waals surface area (Å²) in [7, 11) is 1.32. The van der Waals surface area contributed by atoms with Crippen LogP contribution in [0.5, 0.6) is 0 Å². The number of rotatable bonds is 4. The minimum Gasteiger partial charge on any atom is -0.466 e. The van der Waals surface area contributed by atoms with Crippen LogP contribution in [0, 0.1) is 0 Å². The molecular formula is C16H20N2O4. The number of hydrogen-bond acceptors (Lipinski definition) is 4. The number of benzene rings is 1. The van der Waals surface area contributed by atoms with Crippen molar-refractivity contribution in [3.8, 4) is 0 Å². The third kappa shape index (κ3) is 3.78. The maximum atomic E-state index is 11.6. The maximum Gasteiger partial charge on any atom is 0.407 e. The summed E-state index contributed by atoms with van der Waals surface area (Å²) in [5.74, 6) is -0.456. The lowest BCUT2D eigenvalue weighted by Gasteiger charge is -2.28. The Hall–Kier alpha value is -2.50. The molecule has 1 aliphatic rings. The van der Waals surface area contributed by atoms with Gasteiger partial charge in [-0.2, -0.15) is 0 Å². The van der Waals surface area contributed by atoms with Crippen LogP contribution in [0.3, 0.4) is 0 Å². The van der Waals surface area contributed by atoms with Gasteiger partial charge in [0.2, 0.25) is 0 Å². The van der Waals surface area contributed by atoms with Crippen LogP contribution < -0.4 is 5.32 Å². The van der Waals surface area contributed by atoms with Crippen molar-refractivity contribution in [3.63, 3.8) is 0 Å². The molecule has 1 aromatic carbocycles. The van der Waals surface area contributed by atoms with Crippen molar-refractivity contribution in [1.82, 2.24) is 10.2 Å². The summed E-state index contributed by atoms with van der Waals surface area (Å²) in [6, 6.07) is 9.41. The predicted molar refractivity (Wildman–Crippen MR) is 82.2 cm³/mol. The van der Waals surface area contributed by atoms with E-state index in [1.54, 1.807) is 0 Å². The first-order chi connectivity index (χ1) is 10.4. The topological polar surface area (TPSA) is 78.9 Å². The van der Waals surface area contributed by atoms with Gasteiger partial charge < -0.3 is 20.1 Å². The lowest BCUT2D eigenvalue weighted by Crippen LogP contribution is -2.44. The van der Waals surface area contributed by atoms with Gasteiger partial charge in [-0.1, -0.05) is 30.3 Å². The molecule has 6 heteroatoms. The number of carbonyl (C=O) groups is 2. The summed E-state index contributed by atoms with van der Waals surface area (Å²) in [6.07, 6.45) is 1.14. The van der Waals surface area contributed by atoms with Gasteiger partial charge in [0.25, 0.3) is 0 Å². The van der Waals surface area contributed by atoms with Gasteiger partial charge in [0.15, 0.2) is 0 Å². The first kappa shape index (κ1) is 15.9. The second kappa shape index (κ2) is 6.51. The fourth-order valence-corrected chi connectivity index (χ4v) is 2.54. The normalized spacial score (nSPS) is 21.5. The van der Waals surface area contributed by atoms with Gasteiger partial charge in [-0.25, -0.2) is 9.59 Å². The number of nitrogens with one attached hydrogen (secondary N) is 1. The number of methoxy groups -OCH3 is 1. The fourth-order valence-electron chi connectivity index (χ4n) is 2.54. The molecule has 1 aromatic rings. The van der Waals surface area contributed by atoms with Gasteiger partial charge >= 0.3 is 12.1 Å². The average molecular weight is 304 g/mol. The van der Waals surface area contributed by atoms with Crippen LogP contribution in [0.1, 0.15) is 18.9 Å². The van der Waals surface area contributed by atoms with Gasteiger partial charge in [-0.3, -0.25) is 0 Å². The molecule has 1 amide bonds. The van der Waals surface area contributed by atoms with E-state index < -0.39 is 17.6 Å². The van der Waals surface area contributed by atoms with Crippen LogP contribution in [0.15, 0.2) is 36.4 Å². The monoisotopic (exact) mass is 304 g/mol. The Bertz CT molecular complexity index is 585. The standard InChI is InChI=1S/C16H20N2O4/c1-16(8-9-18(11-16)15(20)21)17-13(10-14(19)22-2)12-6-4-3-5-7-12/h3-7,10,17H,8-9,11H2,1-2H3,(H,20,21). The number of likely N-dealkylation sites (tertiary alicyclic amines) is 1. The summed E-state index contributed by atoms with van der Waals surface area (Å²) in [6.45, 7) is 2.79. The molecule has 1 saturated heterocycles. The fraction of sp³-hybridized carbons (Fsp3) is 0.375.